The third-order valence-electron chi connectivity index (χ3n) is 5.92. The topological polar surface area (TPSA) is 134 Å². The number of anilines is 2. The molecule has 0 bridgehead atoms. The SMILES string of the molecule is CC(C)NC(=O)O[C@H]1CO[C@@H](c2cc(Nc3nccc4nc(CN5CCNCC5)cn34)n[nH]2)[C@@H]1F. The van der Waals surface area contributed by atoms with Crippen LogP contribution in [0.25, 0.3) is 5.65 Å². The number of piperazine rings is 1. The van der Waals surface area contributed by atoms with Crippen LogP contribution in [0.2, 0.25) is 0 Å². The minimum Gasteiger partial charge on any atom is -0.441 e. The van der Waals surface area contributed by atoms with Crippen LogP contribution in [0.3, 0.4) is 0 Å². The molecule has 2 aliphatic heterocycles. The third-order valence-corrected chi connectivity index (χ3v) is 5.92. The summed E-state index contributed by atoms with van der Waals surface area (Å²) in [6.45, 7) is 8.26. The summed E-state index contributed by atoms with van der Waals surface area (Å²) in [5, 5.41) is 16.1. The normalized spacial score (nSPS) is 23.1. The molecule has 13 heteroatoms. The van der Waals surface area contributed by atoms with E-state index in [0.29, 0.717) is 17.5 Å². The number of H-pyrrole nitrogens is 1. The summed E-state index contributed by atoms with van der Waals surface area (Å²) >= 11 is 0. The third kappa shape index (κ3) is 5.36. The van der Waals surface area contributed by atoms with Gasteiger partial charge in [-0.05, 0) is 19.9 Å². The number of nitrogens with zero attached hydrogens (tertiary/aromatic N) is 5. The number of fused-ring (bicyclic) bond motifs is 1. The van der Waals surface area contributed by atoms with Crippen LogP contribution in [0.4, 0.5) is 21.0 Å². The van der Waals surface area contributed by atoms with Gasteiger partial charge in [0.15, 0.2) is 18.1 Å². The standard InChI is InChI=1S/C22H30FN9O3/c1-13(2)26-22(33)35-16-12-34-20(19(16)23)15-9-17(30-29-15)28-21-25-4-3-18-27-14(11-32(18)21)10-31-7-5-24-6-8-31/h3-4,9,11,13,16,19-20,24H,5-8,10,12H2,1-2H3,(H,26,33)(H2,25,28,29,30)/t16-,19+,20-/m0/s1. The summed E-state index contributed by atoms with van der Waals surface area (Å²) in [6.07, 6.45) is -0.466. The van der Waals surface area contributed by atoms with Crippen molar-refractivity contribution in [3.05, 3.63) is 35.9 Å². The maximum Gasteiger partial charge on any atom is 0.407 e. The van der Waals surface area contributed by atoms with Crippen molar-refractivity contribution in [1.82, 2.24) is 40.1 Å². The number of hydrogen-bond donors (Lipinski definition) is 4. The van der Waals surface area contributed by atoms with Crippen LogP contribution in [-0.4, -0.2) is 86.7 Å². The summed E-state index contributed by atoms with van der Waals surface area (Å²) in [7, 11) is 0. The molecule has 0 saturated carbocycles. The van der Waals surface area contributed by atoms with Gasteiger partial charge in [-0.25, -0.2) is 19.2 Å². The number of aromatic nitrogens is 5. The Bertz CT molecular complexity index is 1160. The fraction of sp³-hybridized carbons (Fsp3) is 0.545. The van der Waals surface area contributed by atoms with Crippen molar-refractivity contribution in [1.29, 1.82) is 0 Å². The van der Waals surface area contributed by atoms with Gasteiger partial charge in [-0.2, -0.15) is 5.10 Å². The van der Waals surface area contributed by atoms with Crippen molar-refractivity contribution in [2.45, 2.75) is 44.8 Å². The number of alkyl halides is 1. The van der Waals surface area contributed by atoms with Crippen molar-refractivity contribution in [2.24, 2.45) is 0 Å². The van der Waals surface area contributed by atoms with E-state index in [1.165, 1.54) is 0 Å². The van der Waals surface area contributed by atoms with E-state index in [4.69, 9.17) is 14.5 Å². The first-order valence-electron chi connectivity index (χ1n) is 11.8. The molecule has 3 aromatic rings. The summed E-state index contributed by atoms with van der Waals surface area (Å²) in [5.41, 5.74) is 2.16. The summed E-state index contributed by atoms with van der Waals surface area (Å²) in [6, 6.07) is 3.40. The molecule has 3 aromatic heterocycles. The van der Waals surface area contributed by atoms with Crippen LogP contribution in [0.1, 0.15) is 31.3 Å². The van der Waals surface area contributed by atoms with E-state index in [0.717, 1.165) is 44.1 Å². The van der Waals surface area contributed by atoms with E-state index < -0.39 is 24.5 Å². The zero-order valence-electron chi connectivity index (χ0n) is 19.7. The zero-order chi connectivity index (χ0) is 24.4. The Morgan fingerprint density at radius 3 is 3.00 bits per heavy atom. The Hall–Kier alpha value is -3.29. The Labute approximate surface area is 201 Å². The fourth-order valence-electron chi connectivity index (χ4n) is 4.24. The highest BCUT2D eigenvalue weighted by atomic mass is 19.1. The second-order valence-electron chi connectivity index (χ2n) is 9.03. The van der Waals surface area contributed by atoms with Gasteiger partial charge in [0.05, 0.1) is 18.0 Å². The van der Waals surface area contributed by atoms with Gasteiger partial charge in [-0.15, -0.1) is 0 Å². The first-order valence-corrected chi connectivity index (χ1v) is 11.8. The fourth-order valence-corrected chi connectivity index (χ4v) is 4.24. The number of amides is 1. The summed E-state index contributed by atoms with van der Waals surface area (Å²) in [4.78, 5) is 23.3. The number of ether oxygens (including phenoxy) is 2. The van der Waals surface area contributed by atoms with E-state index in [1.54, 1.807) is 26.1 Å². The second kappa shape index (κ2) is 10.1. The Balaban J connectivity index is 1.25. The number of alkyl carbamates (subject to hydrolysis) is 1. The molecule has 2 fully saturated rings. The largest absolute Gasteiger partial charge is 0.441 e. The average Bonchev–Trinajstić information content (AvgIpc) is 3.54. The highest BCUT2D eigenvalue weighted by molar-refractivity contribution is 5.67. The van der Waals surface area contributed by atoms with Gasteiger partial charge in [-0.1, -0.05) is 0 Å². The van der Waals surface area contributed by atoms with Gasteiger partial charge in [0.2, 0.25) is 5.95 Å². The van der Waals surface area contributed by atoms with Crippen LogP contribution in [0, 0.1) is 0 Å². The van der Waals surface area contributed by atoms with Gasteiger partial charge in [0.1, 0.15) is 11.8 Å². The molecule has 1 amide bonds. The molecule has 4 N–H and O–H groups in total. The van der Waals surface area contributed by atoms with E-state index in [2.05, 4.69) is 36.0 Å². The molecule has 12 nitrogen and oxygen atoms in total. The highest BCUT2D eigenvalue weighted by Gasteiger charge is 2.42. The molecule has 0 spiro atoms. The zero-order valence-corrected chi connectivity index (χ0v) is 19.7. The van der Waals surface area contributed by atoms with Crippen molar-refractivity contribution in [3.63, 3.8) is 0 Å². The lowest BCUT2D eigenvalue weighted by Gasteiger charge is -2.26. The minimum absolute atomic E-state index is 0.0368. The van der Waals surface area contributed by atoms with E-state index in [-0.39, 0.29) is 12.6 Å². The van der Waals surface area contributed by atoms with Gasteiger partial charge >= 0.3 is 6.09 Å². The van der Waals surface area contributed by atoms with E-state index in [9.17, 15) is 9.18 Å². The number of carbonyl (C=O) groups excluding carboxylic acids is 1. The van der Waals surface area contributed by atoms with Crippen molar-refractivity contribution in [2.75, 3.05) is 38.1 Å². The number of hydrogen-bond acceptors (Lipinski definition) is 9. The second-order valence-corrected chi connectivity index (χ2v) is 9.03. The molecule has 3 atom stereocenters. The first kappa shape index (κ1) is 23.5. The Kier molecular flexibility index (Phi) is 6.79. The lowest BCUT2D eigenvalue weighted by Crippen LogP contribution is -2.42. The maximum absolute atomic E-state index is 14.9. The molecule has 0 aliphatic carbocycles. The van der Waals surface area contributed by atoms with Gasteiger partial charge in [0.25, 0.3) is 0 Å². The molecule has 35 heavy (non-hydrogen) atoms. The highest BCUT2D eigenvalue weighted by Crippen LogP contribution is 2.33. The van der Waals surface area contributed by atoms with Crippen LogP contribution in [0.15, 0.2) is 24.5 Å². The first-order chi connectivity index (χ1) is 17.0. The molecule has 0 aromatic carbocycles. The van der Waals surface area contributed by atoms with E-state index >= 15 is 0 Å². The molecular weight excluding hydrogens is 457 g/mol. The molecule has 0 radical (unpaired) electrons. The van der Waals surface area contributed by atoms with E-state index in [1.807, 2.05) is 16.7 Å². The molecule has 188 valence electrons. The van der Waals surface area contributed by atoms with Crippen molar-refractivity contribution < 1.29 is 18.7 Å². The Morgan fingerprint density at radius 2 is 2.20 bits per heavy atom. The number of rotatable bonds is 7. The number of carbonyl (C=O) groups is 1. The van der Waals surface area contributed by atoms with Crippen LogP contribution >= 0.6 is 0 Å². The van der Waals surface area contributed by atoms with Gasteiger partial charge in [0, 0.05) is 57.2 Å². The number of nitrogens with one attached hydrogen (secondary N) is 4. The smallest absolute Gasteiger partial charge is 0.407 e. The number of halogens is 1. The van der Waals surface area contributed by atoms with Crippen LogP contribution < -0.4 is 16.0 Å². The lowest BCUT2D eigenvalue weighted by molar-refractivity contribution is 0.0615. The van der Waals surface area contributed by atoms with Crippen molar-refractivity contribution in [3.8, 4) is 0 Å². The molecule has 2 saturated heterocycles. The molecule has 2 aliphatic rings. The number of imidazole rings is 1. The van der Waals surface area contributed by atoms with Crippen LogP contribution in [0.5, 0.6) is 0 Å². The molecular formula is C22H30FN9O3. The summed E-state index contributed by atoms with van der Waals surface area (Å²) < 4.78 is 27.5. The Morgan fingerprint density at radius 1 is 1.37 bits per heavy atom. The maximum atomic E-state index is 14.9. The minimum atomic E-state index is -1.52. The summed E-state index contributed by atoms with van der Waals surface area (Å²) in [5.74, 6) is 0.991. The monoisotopic (exact) mass is 487 g/mol. The number of aromatic amines is 1. The lowest BCUT2D eigenvalue weighted by atomic mass is 10.1. The molecule has 5 rings (SSSR count). The van der Waals surface area contributed by atoms with Gasteiger partial charge < -0.3 is 25.4 Å². The van der Waals surface area contributed by atoms with Crippen molar-refractivity contribution >= 4 is 23.5 Å². The quantitative estimate of drug-likeness (QED) is 0.391. The van der Waals surface area contributed by atoms with Gasteiger partial charge in [-0.3, -0.25) is 14.4 Å². The van der Waals surface area contributed by atoms with Crippen LogP contribution in [-0.2, 0) is 16.0 Å². The molecule has 0 unspecified atom stereocenters. The predicted molar refractivity (Wildman–Crippen MR) is 125 cm³/mol. The molecule has 5 heterocycles. The predicted octanol–water partition coefficient (Wildman–Crippen LogP) is 1.51. The average molecular weight is 488 g/mol.